The van der Waals surface area contributed by atoms with Crippen LogP contribution in [-0.4, -0.2) is 29.8 Å². The maximum Gasteiger partial charge on any atom is 0.263 e. The second kappa shape index (κ2) is 8.24. The quantitative estimate of drug-likeness (QED) is 0.476. The van der Waals surface area contributed by atoms with Gasteiger partial charge in [0.2, 0.25) is 0 Å². The van der Waals surface area contributed by atoms with Gasteiger partial charge in [-0.3, -0.25) is 9.89 Å². The summed E-state index contributed by atoms with van der Waals surface area (Å²) in [4.78, 5) is 12.2. The van der Waals surface area contributed by atoms with Crippen molar-refractivity contribution >= 4 is 34.2 Å². The van der Waals surface area contributed by atoms with Crippen LogP contribution < -0.4 is 14.8 Å². The van der Waals surface area contributed by atoms with E-state index >= 15 is 0 Å². The number of methoxy groups -OCH3 is 1. The molecule has 146 valence electrons. The Morgan fingerprint density at radius 3 is 2.62 bits per heavy atom. The van der Waals surface area contributed by atoms with Crippen molar-refractivity contribution < 1.29 is 14.3 Å². The molecule has 0 aliphatic heterocycles. The molecule has 3 aromatic carbocycles. The van der Waals surface area contributed by atoms with Gasteiger partial charge in [-0.15, -0.1) is 0 Å². The molecule has 4 aromatic rings. The van der Waals surface area contributed by atoms with Gasteiger partial charge in [-0.05, 0) is 59.7 Å². The smallest absolute Gasteiger partial charge is 0.263 e. The Morgan fingerprint density at radius 1 is 1.03 bits per heavy atom. The highest BCUT2D eigenvalue weighted by atomic mass is 35.5. The monoisotopic (exact) mass is 407 g/mol. The van der Waals surface area contributed by atoms with Gasteiger partial charge < -0.3 is 14.8 Å². The molecule has 0 aliphatic rings. The van der Waals surface area contributed by atoms with Gasteiger partial charge >= 0.3 is 0 Å². The number of nitrogens with zero attached hydrogens (tertiary/aromatic N) is 1. The number of nitrogens with one attached hydrogen (secondary N) is 2. The van der Waals surface area contributed by atoms with E-state index in [1.165, 1.54) is 0 Å². The van der Waals surface area contributed by atoms with E-state index in [1.54, 1.807) is 31.4 Å². The second-order valence-electron chi connectivity index (χ2n) is 6.36. The summed E-state index contributed by atoms with van der Waals surface area (Å²) >= 11 is 5.84. The molecule has 0 bridgehead atoms. The topological polar surface area (TPSA) is 76.2 Å². The van der Waals surface area contributed by atoms with Gasteiger partial charge in [-0.1, -0.05) is 29.8 Å². The average Bonchev–Trinajstić information content (AvgIpc) is 3.15. The lowest BCUT2D eigenvalue weighted by molar-refractivity contribution is -0.118. The Bertz CT molecular complexity index is 1160. The fourth-order valence-corrected chi connectivity index (χ4v) is 3.07. The Balaban J connectivity index is 1.47. The fourth-order valence-electron chi connectivity index (χ4n) is 2.94. The molecule has 4 rings (SSSR count). The van der Waals surface area contributed by atoms with Gasteiger partial charge in [0.1, 0.15) is 11.5 Å². The summed E-state index contributed by atoms with van der Waals surface area (Å²) < 4.78 is 10.7. The number of rotatable bonds is 6. The Hall–Kier alpha value is -3.51. The first kappa shape index (κ1) is 18.8. The molecule has 0 spiro atoms. The largest absolute Gasteiger partial charge is 0.497 e. The Morgan fingerprint density at radius 2 is 1.83 bits per heavy atom. The highest BCUT2D eigenvalue weighted by Crippen LogP contribution is 2.29. The number of carbonyl (C=O) groups is 1. The molecule has 0 unspecified atom stereocenters. The number of anilines is 1. The van der Waals surface area contributed by atoms with Gasteiger partial charge in [0.15, 0.2) is 12.4 Å². The van der Waals surface area contributed by atoms with Gasteiger partial charge in [-0.2, -0.15) is 5.10 Å². The van der Waals surface area contributed by atoms with E-state index in [2.05, 4.69) is 15.5 Å². The predicted octanol–water partition coefficient (Wildman–Crippen LogP) is 4.91. The molecule has 7 heteroatoms. The van der Waals surface area contributed by atoms with Gasteiger partial charge in [0.05, 0.1) is 12.6 Å². The van der Waals surface area contributed by atoms with E-state index in [1.807, 2.05) is 42.5 Å². The molecule has 1 amide bonds. The van der Waals surface area contributed by atoms with Crippen LogP contribution in [0.1, 0.15) is 0 Å². The highest BCUT2D eigenvalue weighted by molar-refractivity contribution is 6.30. The van der Waals surface area contributed by atoms with Crippen LogP contribution in [0, 0.1) is 0 Å². The van der Waals surface area contributed by atoms with E-state index in [0.717, 1.165) is 27.8 Å². The average molecular weight is 408 g/mol. The van der Waals surface area contributed by atoms with Crippen molar-refractivity contribution in [3.8, 4) is 22.6 Å². The van der Waals surface area contributed by atoms with Crippen LogP contribution in [0.2, 0.25) is 5.02 Å². The number of ether oxygens (including phenoxy) is 2. The number of halogens is 1. The first-order chi connectivity index (χ1) is 14.1. The molecular formula is C22H18ClN3O3. The molecule has 0 radical (unpaired) electrons. The zero-order valence-corrected chi connectivity index (χ0v) is 16.4. The van der Waals surface area contributed by atoms with Crippen LogP contribution in [0.3, 0.4) is 0 Å². The Kier molecular flexibility index (Phi) is 5.35. The predicted molar refractivity (Wildman–Crippen MR) is 114 cm³/mol. The fraction of sp³-hybridized carbons (Fsp3) is 0.0909. The molecule has 0 saturated heterocycles. The van der Waals surface area contributed by atoms with Gasteiger partial charge in [0.25, 0.3) is 5.91 Å². The summed E-state index contributed by atoms with van der Waals surface area (Å²) in [5, 5.41) is 11.4. The molecule has 1 aromatic heterocycles. The summed E-state index contributed by atoms with van der Waals surface area (Å²) in [7, 11) is 1.64. The Labute approximate surface area is 172 Å². The first-order valence-electron chi connectivity index (χ1n) is 8.93. The van der Waals surface area contributed by atoms with Crippen LogP contribution in [0.5, 0.6) is 11.5 Å². The summed E-state index contributed by atoms with van der Waals surface area (Å²) in [5.41, 5.74) is 2.87. The van der Waals surface area contributed by atoms with Crippen molar-refractivity contribution in [2.24, 2.45) is 0 Å². The van der Waals surface area contributed by atoms with Crippen molar-refractivity contribution in [1.82, 2.24) is 10.2 Å². The number of hydrogen-bond donors (Lipinski definition) is 2. The number of carbonyl (C=O) groups excluding carboxylic acids is 1. The molecule has 0 fully saturated rings. The van der Waals surface area contributed by atoms with Crippen molar-refractivity contribution in [2.45, 2.75) is 0 Å². The molecule has 6 nitrogen and oxygen atoms in total. The first-order valence-corrected chi connectivity index (χ1v) is 9.31. The SMILES string of the molecule is COc1cccc(-c2ccc3c(NC(=O)COc4ccc(Cl)cc4)n[nH]c3c2)c1. The third-order valence-corrected chi connectivity index (χ3v) is 4.66. The standard InChI is InChI=1S/C22H18ClN3O3/c1-28-18-4-2-3-14(11-18)15-5-10-19-20(12-15)25-26-22(19)24-21(27)13-29-17-8-6-16(23)7-9-17/h2-12H,13H2,1H3,(H2,24,25,26,27). The van der Waals surface area contributed by atoms with E-state index in [4.69, 9.17) is 21.1 Å². The third-order valence-electron chi connectivity index (χ3n) is 4.41. The number of hydrogen-bond acceptors (Lipinski definition) is 4. The molecular weight excluding hydrogens is 390 g/mol. The lowest BCUT2D eigenvalue weighted by atomic mass is 10.0. The molecule has 29 heavy (non-hydrogen) atoms. The number of fused-ring (bicyclic) bond motifs is 1. The molecule has 0 atom stereocenters. The van der Waals surface area contributed by atoms with Crippen molar-refractivity contribution in [2.75, 3.05) is 19.0 Å². The van der Waals surface area contributed by atoms with Crippen LogP contribution in [-0.2, 0) is 4.79 Å². The molecule has 0 aliphatic carbocycles. The van der Waals surface area contributed by atoms with Gasteiger partial charge in [-0.25, -0.2) is 0 Å². The lowest BCUT2D eigenvalue weighted by Crippen LogP contribution is -2.20. The summed E-state index contributed by atoms with van der Waals surface area (Å²) in [6, 6.07) is 20.5. The minimum Gasteiger partial charge on any atom is -0.497 e. The number of amides is 1. The van der Waals surface area contributed by atoms with Crippen molar-refractivity contribution in [3.05, 3.63) is 71.8 Å². The number of H-pyrrole nitrogens is 1. The molecule has 0 saturated carbocycles. The summed E-state index contributed by atoms with van der Waals surface area (Å²) in [6.45, 7) is -0.127. The van der Waals surface area contributed by atoms with E-state index < -0.39 is 0 Å². The van der Waals surface area contributed by atoms with Crippen LogP contribution in [0.25, 0.3) is 22.0 Å². The highest BCUT2D eigenvalue weighted by Gasteiger charge is 2.11. The maximum atomic E-state index is 12.2. The number of benzene rings is 3. The summed E-state index contributed by atoms with van der Waals surface area (Å²) in [5.74, 6) is 1.52. The van der Waals surface area contributed by atoms with Crippen LogP contribution >= 0.6 is 11.6 Å². The minimum absolute atomic E-state index is 0.127. The third kappa shape index (κ3) is 4.33. The van der Waals surface area contributed by atoms with Gasteiger partial charge in [0, 0.05) is 10.4 Å². The number of aromatic amines is 1. The zero-order chi connectivity index (χ0) is 20.2. The second-order valence-corrected chi connectivity index (χ2v) is 6.79. The van der Waals surface area contributed by atoms with E-state index in [0.29, 0.717) is 16.6 Å². The van der Waals surface area contributed by atoms with Crippen molar-refractivity contribution in [1.29, 1.82) is 0 Å². The van der Waals surface area contributed by atoms with E-state index in [-0.39, 0.29) is 12.5 Å². The zero-order valence-electron chi connectivity index (χ0n) is 15.6. The van der Waals surface area contributed by atoms with E-state index in [9.17, 15) is 4.79 Å². The number of aromatic nitrogens is 2. The van der Waals surface area contributed by atoms with Crippen LogP contribution in [0.15, 0.2) is 66.7 Å². The molecule has 1 heterocycles. The van der Waals surface area contributed by atoms with Crippen molar-refractivity contribution in [3.63, 3.8) is 0 Å². The lowest BCUT2D eigenvalue weighted by Gasteiger charge is -2.07. The molecule has 2 N–H and O–H groups in total. The van der Waals surface area contributed by atoms with Crippen LogP contribution in [0.4, 0.5) is 5.82 Å². The normalized spacial score (nSPS) is 10.7. The minimum atomic E-state index is -0.301. The maximum absolute atomic E-state index is 12.2. The summed E-state index contributed by atoms with van der Waals surface area (Å²) in [6.07, 6.45) is 0.